The maximum absolute atomic E-state index is 13.1. The normalized spacial score (nSPS) is 40.3. The summed E-state index contributed by atoms with van der Waals surface area (Å²) in [4.78, 5) is 13.1. The van der Waals surface area contributed by atoms with Gasteiger partial charge in [0.2, 0.25) is 5.79 Å². The van der Waals surface area contributed by atoms with E-state index >= 15 is 0 Å². The Labute approximate surface area is 404 Å². The molecule has 382 valence electrons. The first kappa shape index (κ1) is 53.2. The zero-order valence-electron chi connectivity index (χ0n) is 41.5. The second-order valence-electron chi connectivity index (χ2n) is 21.7. The van der Waals surface area contributed by atoms with Gasteiger partial charge >= 0.3 is 5.97 Å². The van der Waals surface area contributed by atoms with Crippen LogP contribution < -0.4 is 0 Å². The lowest BCUT2D eigenvalue weighted by atomic mass is 9.79. The molecule has 3 spiro atoms. The second-order valence-corrected chi connectivity index (χ2v) is 21.7. The van der Waals surface area contributed by atoms with Gasteiger partial charge in [-0.2, -0.15) is 0 Å². The van der Waals surface area contributed by atoms with Crippen LogP contribution in [0.3, 0.4) is 0 Å². The van der Waals surface area contributed by atoms with E-state index in [1.54, 1.807) is 12.2 Å². The number of aliphatic hydroxyl groups excluding tert-OH is 4. The zero-order valence-corrected chi connectivity index (χ0v) is 41.5. The molecule has 7 aliphatic heterocycles. The third-order valence-electron chi connectivity index (χ3n) is 15.6. The van der Waals surface area contributed by atoms with Gasteiger partial charge in [-0.15, -0.1) is 0 Å². The predicted molar refractivity (Wildman–Crippen MR) is 255 cm³/mol. The highest BCUT2D eigenvalue weighted by atomic mass is 16.7. The van der Waals surface area contributed by atoms with Crippen LogP contribution in [0.5, 0.6) is 0 Å². The Hall–Kier alpha value is -2.57. The van der Waals surface area contributed by atoms with Crippen molar-refractivity contribution in [2.75, 3.05) is 19.8 Å². The SMILES string of the molecule is C=C(CO)C/C=C\C=C(\C)COC(=O)[C@](C)(O)C[C@@H]1CC[C@@H](O)[C@]2(C=C(C)C[C@@H]([C@H](C)/C=C/[C@H]3CC[C@@]4(CC[C@H]5O[C@H]([C@@H](O)C[C@H](C)[C@H]6O[C@@]7(CCCCO7)CC[C@H]6C)C(=C)[C@@H](O)[C@@H]5O4)O3)O2)O1. The molecule has 6 saturated heterocycles. The number of rotatable bonds is 16. The smallest absolute Gasteiger partial charge is 0.338 e. The van der Waals surface area contributed by atoms with Gasteiger partial charge in [0, 0.05) is 38.0 Å². The van der Waals surface area contributed by atoms with Crippen LogP contribution >= 0.6 is 0 Å². The number of ether oxygens (including phenoxy) is 8. The molecule has 14 nitrogen and oxygen atoms in total. The summed E-state index contributed by atoms with van der Waals surface area (Å²) >= 11 is 0. The lowest BCUT2D eigenvalue weighted by Crippen LogP contribution is -2.60. The lowest BCUT2D eigenvalue weighted by Gasteiger charge is -2.50. The molecule has 0 unspecified atom stereocenters. The molecular formula is C54H82O14. The molecule has 0 aliphatic carbocycles. The average Bonchev–Trinajstić information content (AvgIpc) is 3.70. The van der Waals surface area contributed by atoms with Crippen LogP contribution in [0.2, 0.25) is 0 Å². The summed E-state index contributed by atoms with van der Waals surface area (Å²) in [5.74, 6) is -3.32. The fourth-order valence-electron chi connectivity index (χ4n) is 11.5. The maximum atomic E-state index is 13.1. The molecule has 7 rings (SSSR count). The van der Waals surface area contributed by atoms with E-state index in [1.165, 1.54) is 6.92 Å². The Bertz CT molecular complexity index is 1880. The van der Waals surface area contributed by atoms with Crippen molar-refractivity contribution in [2.45, 2.75) is 222 Å². The number of carbonyl (C=O) groups is 1. The van der Waals surface area contributed by atoms with Crippen molar-refractivity contribution >= 4 is 5.97 Å². The molecule has 14 heteroatoms. The minimum atomic E-state index is -1.84. The second kappa shape index (κ2) is 22.5. The number of aliphatic hydroxyl groups is 5. The van der Waals surface area contributed by atoms with Crippen molar-refractivity contribution in [3.05, 3.63) is 71.9 Å². The number of esters is 1. The Morgan fingerprint density at radius 2 is 1.78 bits per heavy atom. The van der Waals surface area contributed by atoms with Gasteiger partial charge in [-0.1, -0.05) is 69.9 Å². The molecule has 17 atom stereocenters. The van der Waals surface area contributed by atoms with Crippen LogP contribution in [0.15, 0.2) is 71.9 Å². The van der Waals surface area contributed by atoms with Crippen molar-refractivity contribution in [3.8, 4) is 0 Å². The molecule has 0 aromatic rings. The van der Waals surface area contributed by atoms with Crippen molar-refractivity contribution in [1.82, 2.24) is 0 Å². The summed E-state index contributed by atoms with van der Waals surface area (Å²) in [7, 11) is 0. The average molecular weight is 955 g/mol. The molecule has 7 aliphatic rings. The first-order valence-corrected chi connectivity index (χ1v) is 25.5. The van der Waals surface area contributed by atoms with Crippen LogP contribution in [0.25, 0.3) is 0 Å². The fraction of sp³-hybridized carbons (Fsp3) is 0.759. The number of hydrogen-bond donors (Lipinski definition) is 5. The molecule has 0 saturated carbocycles. The van der Waals surface area contributed by atoms with Gasteiger partial charge in [0.15, 0.2) is 17.2 Å². The monoisotopic (exact) mass is 955 g/mol. The molecule has 7 heterocycles. The van der Waals surface area contributed by atoms with E-state index in [-0.39, 0.29) is 49.8 Å². The van der Waals surface area contributed by atoms with Crippen molar-refractivity contribution < 1.29 is 68.2 Å². The number of fused-ring (bicyclic) bond motifs is 1. The third kappa shape index (κ3) is 12.5. The van der Waals surface area contributed by atoms with E-state index in [2.05, 4.69) is 40.0 Å². The van der Waals surface area contributed by atoms with E-state index in [0.717, 1.165) is 56.3 Å². The molecule has 5 N–H and O–H groups in total. The summed E-state index contributed by atoms with van der Waals surface area (Å²) in [6, 6.07) is 0. The standard InChI is InChI=1S/C54H82O14/c1-33(31-55)13-9-10-14-34(2)32-61-50(59)51(8,60)30-41-17-18-45(57)54(65-41)29-35(3)27-44(66-54)36(4)15-16-40-20-24-53(64-40)25-21-43-49(68-53)46(58)39(7)48(63-43)42(56)28-38(6)47-37(5)19-23-52(67-47)22-11-12-26-62-52/h9-10,14-16,29,36-38,40-49,55-58,60H,1,7,11-13,17-28,30-32H2,2-6,8H3/b10-9-,16-15+,34-14-/t36-,37-,38+,40+,41+,42+,43-,44+,45-,46-,47+,48+,49-,51-,52+,53-,54-/m1/s1. The summed E-state index contributed by atoms with van der Waals surface area (Å²) in [5.41, 5.74) is 1.04. The Morgan fingerprint density at radius 1 is 1.01 bits per heavy atom. The Morgan fingerprint density at radius 3 is 2.53 bits per heavy atom. The van der Waals surface area contributed by atoms with E-state index in [1.807, 2.05) is 32.1 Å². The zero-order chi connectivity index (χ0) is 49.0. The third-order valence-corrected chi connectivity index (χ3v) is 15.6. The first-order valence-electron chi connectivity index (χ1n) is 25.5. The highest BCUT2D eigenvalue weighted by molar-refractivity contribution is 5.78. The van der Waals surface area contributed by atoms with E-state index in [4.69, 9.17) is 43.0 Å². The Kier molecular flexibility index (Phi) is 17.6. The van der Waals surface area contributed by atoms with Gasteiger partial charge in [-0.25, -0.2) is 4.79 Å². The van der Waals surface area contributed by atoms with Gasteiger partial charge < -0.3 is 63.4 Å². The minimum absolute atomic E-state index is 0.00194. The van der Waals surface area contributed by atoms with Crippen molar-refractivity contribution in [1.29, 1.82) is 0 Å². The molecule has 68 heavy (non-hydrogen) atoms. The number of hydrogen-bond acceptors (Lipinski definition) is 14. The largest absolute Gasteiger partial charge is 0.459 e. The molecule has 6 fully saturated rings. The van der Waals surface area contributed by atoms with E-state index in [0.29, 0.717) is 68.4 Å². The van der Waals surface area contributed by atoms with Crippen LogP contribution in [-0.2, 0) is 42.7 Å². The lowest BCUT2D eigenvalue weighted by molar-refractivity contribution is -0.321. The molecule has 0 bridgehead atoms. The van der Waals surface area contributed by atoms with Gasteiger partial charge in [0.25, 0.3) is 0 Å². The first-order chi connectivity index (χ1) is 32.3. The van der Waals surface area contributed by atoms with Gasteiger partial charge in [-0.05, 0) is 120 Å². The fourth-order valence-corrected chi connectivity index (χ4v) is 11.5. The Balaban J connectivity index is 0.890. The summed E-state index contributed by atoms with van der Waals surface area (Å²) in [6.45, 7) is 20.2. The quantitative estimate of drug-likeness (QED) is 0.0597. The molecular weight excluding hydrogens is 873 g/mol. The van der Waals surface area contributed by atoms with Crippen LogP contribution in [0.4, 0.5) is 0 Å². The number of allylic oxidation sites excluding steroid dienone is 3. The van der Waals surface area contributed by atoms with Gasteiger partial charge in [0.05, 0.1) is 49.8 Å². The summed E-state index contributed by atoms with van der Waals surface area (Å²) in [5, 5.41) is 55.0. The highest BCUT2D eigenvalue weighted by Gasteiger charge is 2.55. The minimum Gasteiger partial charge on any atom is -0.459 e. The van der Waals surface area contributed by atoms with Gasteiger partial charge in [0.1, 0.15) is 31.0 Å². The van der Waals surface area contributed by atoms with Crippen molar-refractivity contribution in [3.63, 3.8) is 0 Å². The van der Waals surface area contributed by atoms with E-state index < -0.39 is 71.7 Å². The highest BCUT2D eigenvalue weighted by Crippen LogP contribution is 2.47. The maximum Gasteiger partial charge on any atom is 0.338 e. The molecule has 0 aromatic heterocycles. The van der Waals surface area contributed by atoms with Crippen LogP contribution in [0.1, 0.15) is 138 Å². The van der Waals surface area contributed by atoms with Crippen molar-refractivity contribution in [2.24, 2.45) is 17.8 Å². The predicted octanol–water partition coefficient (Wildman–Crippen LogP) is 7.11. The van der Waals surface area contributed by atoms with Gasteiger partial charge in [-0.3, -0.25) is 0 Å². The summed E-state index contributed by atoms with van der Waals surface area (Å²) in [6.07, 6.45) is 15.4. The molecule has 0 aromatic carbocycles. The topological polar surface area (TPSA) is 192 Å². The van der Waals surface area contributed by atoms with E-state index in [9.17, 15) is 25.2 Å². The van der Waals surface area contributed by atoms with Crippen LogP contribution in [0, 0.1) is 17.8 Å². The number of carbonyl (C=O) groups excluding carboxylic acids is 1. The molecule has 0 radical (unpaired) electrons. The summed E-state index contributed by atoms with van der Waals surface area (Å²) < 4.78 is 51.2. The molecule has 0 amide bonds. The van der Waals surface area contributed by atoms with Crippen LogP contribution in [-0.4, -0.2) is 135 Å².